The number of amides is 1. The summed E-state index contributed by atoms with van der Waals surface area (Å²) in [7, 11) is 0. The molecule has 1 aliphatic carbocycles. The summed E-state index contributed by atoms with van der Waals surface area (Å²) in [5.74, 6) is 1.30. The molecular formula is C14H22N4O. The summed E-state index contributed by atoms with van der Waals surface area (Å²) in [4.78, 5) is 20.2. The van der Waals surface area contributed by atoms with Crippen molar-refractivity contribution < 1.29 is 4.79 Å². The van der Waals surface area contributed by atoms with Gasteiger partial charge in [0.05, 0.1) is 12.4 Å². The zero-order valence-electron chi connectivity index (χ0n) is 11.5. The van der Waals surface area contributed by atoms with Crippen molar-refractivity contribution in [3.63, 3.8) is 0 Å². The van der Waals surface area contributed by atoms with Crippen LogP contribution in [-0.4, -0.2) is 29.0 Å². The van der Waals surface area contributed by atoms with Crippen LogP contribution in [0.5, 0.6) is 0 Å². The largest absolute Gasteiger partial charge is 0.369 e. The zero-order valence-corrected chi connectivity index (χ0v) is 11.5. The van der Waals surface area contributed by atoms with Gasteiger partial charge in [-0.15, -0.1) is 0 Å². The molecule has 0 bridgehead atoms. The van der Waals surface area contributed by atoms with Gasteiger partial charge < -0.3 is 10.6 Å². The topological polar surface area (TPSA) is 66.9 Å². The fourth-order valence-electron chi connectivity index (χ4n) is 2.52. The van der Waals surface area contributed by atoms with Crippen LogP contribution in [0.25, 0.3) is 0 Å². The lowest BCUT2D eigenvalue weighted by atomic mass is 10.0. The average Bonchev–Trinajstić information content (AvgIpc) is 2.92. The fraction of sp³-hybridized carbons (Fsp3) is 0.643. The van der Waals surface area contributed by atoms with Gasteiger partial charge in [0.1, 0.15) is 11.5 Å². The van der Waals surface area contributed by atoms with Crippen molar-refractivity contribution in [3.8, 4) is 0 Å². The van der Waals surface area contributed by atoms with E-state index in [2.05, 4.69) is 20.6 Å². The quantitative estimate of drug-likeness (QED) is 0.825. The van der Waals surface area contributed by atoms with Gasteiger partial charge in [0.15, 0.2) is 0 Å². The molecule has 5 nitrogen and oxygen atoms in total. The van der Waals surface area contributed by atoms with Crippen molar-refractivity contribution in [2.75, 3.05) is 18.4 Å². The van der Waals surface area contributed by atoms with Crippen LogP contribution in [0.15, 0.2) is 12.4 Å². The van der Waals surface area contributed by atoms with Crippen LogP contribution in [0.4, 0.5) is 5.82 Å². The number of hydrogen-bond acceptors (Lipinski definition) is 4. The molecule has 0 saturated heterocycles. The Kier molecular flexibility index (Phi) is 5.12. The number of hydrogen-bond donors (Lipinski definition) is 2. The Morgan fingerprint density at radius 2 is 2.16 bits per heavy atom. The van der Waals surface area contributed by atoms with E-state index in [0.717, 1.165) is 25.4 Å². The van der Waals surface area contributed by atoms with E-state index in [9.17, 15) is 4.79 Å². The first-order chi connectivity index (χ1) is 9.29. The standard InChI is InChI=1S/C14H22N4O/c1-2-16-13-10-15-9-12(18-13)14(19)17-8-7-11-5-3-4-6-11/h9-11H,2-8H2,1H3,(H,16,18)(H,17,19). The molecule has 2 rings (SSSR count). The summed E-state index contributed by atoms with van der Waals surface area (Å²) in [5.41, 5.74) is 0.380. The van der Waals surface area contributed by atoms with Crippen LogP contribution in [0.1, 0.15) is 49.5 Å². The molecule has 1 amide bonds. The van der Waals surface area contributed by atoms with Crippen molar-refractivity contribution in [2.24, 2.45) is 5.92 Å². The van der Waals surface area contributed by atoms with E-state index in [1.807, 2.05) is 6.92 Å². The molecule has 0 atom stereocenters. The van der Waals surface area contributed by atoms with E-state index >= 15 is 0 Å². The third kappa shape index (κ3) is 4.19. The molecule has 0 spiro atoms. The Labute approximate surface area is 114 Å². The van der Waals surface area contributed by atoms with E-state index < -0.39 is 0 Å². The molecule has 1 aromatic rings. The van der Waals surface area contributed by atoms with Gasteiger partial charge in [-0.25, -0.2) is 4.98 Å². The molecule has 0 aromatic carbocycles. The molecule has 2 N–H and O–H groups in total. The van der Waals surface area contributed by atoms with Gasteiger partial charge in [-0.3, -0.25) is 9.78 Å². The lowest BCUT2D eigenvalue weighted by Gasteiger charge is -2.10. The highest BCUT2D eigenvalue weighted by Crippen LogP contribution is 2.26. The fourth-order valence-corrected chi connectivity index (χ4v) is 2.52. The maximum Gasteiger partial charge on any atom is 0.271 e. The third-order valence-electron chi connectivity index (χ3n) is 3.54. The van der Waals surface area contributed by atoms with Crippen molar-refractivity contribution in [1.29, 1.82) is 0 Å². The third-order valence-corrected chi connectivity index (χ3v) is 3.54. The van der Waals surface area contributed by atoms with E-state index in [4.69, 9.17) is 0 Å². The highest BCUT2D eigenvalue weighted by molar-refractivity contribution is 5.92. The van der Waals surface area contributed by atoms with Gasteiger partial charge in [0, 0.05) is 13.1 Å². The van der Waals surface area contributed by atoms with Crippen LogP contribution >= 0.6 is 0 Å². The molecule has 1 aliphatic rings. The number of anilines is 1. The number of nitrogens with zero attached hydrogens (tertiary/aromatic N) is 2. The van der Waals surface area contributed by atoms with E-state index in [1.165, 1.54) is 31.9 Å². The molecule has 1 fully saturated rings. The Morgan fingerprint density at radius 1 is 1.37 bits per heavy atom. The molecule has 0 unspecified atom stereocenters. The minimum Gasteiger partial charge on any atom is -0.369 e. The number of aromatic nitrogens is 2. The SMILES string of the molecule is CCNc1cncc(C(=O)NCCC2CCCC2)n1. The highest BCUT2D eigenvalue weighted by Gasteiger charge is 2.15. The van der Waals surface area contributed by atoms with Gasteiger partial charge in [0.25, 0.3) is 5.91 Å². The molecule has 1 saturated carbocycles. The monoisotopic (exact) mass is 262 g/mol. The van der Waals surface area contributed by atoms with Gasteiger partial charge in [0.2, 0.25) is 0 Å². The second kappa shape index (κ2) is 7.07. The smallest absolute Gasteiger partial charge is 0.271 e. The minimum absolute atomic E-state index is 0.134. The van der Waals surface area contributed by atoms with Crippen LogP contribution in [0, 0.1) is 5.92 Å². The summed E-state index contributed by atoms with van der Waals surface area (Å²) in [6, 6.07) is 0. The lowest BCUT2D eigenvalue weighted by Crippen LogP contribution is -2.26. The molecule has 1 aromatic heterocycles. The lowest BCUT2D eigenvalue weighted by molar-refractivity contribution is 0.0946. The van der Waals surface area contributed by atoms with Gasteiger partial charge in [-0.1, -0.05) is 25.7 Å². The number of carbonyl (C=O) groups is 1. The van der Waals surface area contributed by atoms with Crippen molar-refractivity contribution in [3.05, 3.63) is 18.1 Å². The summed E-state index contributed by atoms with van der Waals surface area (Å²) in [6.45, 7) is 3.48. The molecule has 19 heavy (non-hydrogen) atoms. The Morgan fingerprint density at radius 3 is 2.89 bits per heavy atom. The van der Waals surface area contributed by atoms with Crippen LogP contribution in [-0.2, 0) is 0 Å². The average molecular weight is 262 g/mol. The normalized spacial score (nSPS) is 15.4. The summed E-state index contributed by atoms with van der Waals surface area (Å²) < 4.78 is 0. The first-order valence-corrected chi connectivity index (χ1v) is 7.13. The first kappa shape index (κ1) is 13.8. The number of carbonyl (C=O) groups excluding carboxylic acids is 1. The van der Waals surface area contributed by atoms with Crippen molar-refractivity contribution in [2.45, 2.75) is 39.0 Å². The molecular weight excluding hydrogens is 240 g/mol. The maximum atomic E-state index is 11.9. The van der Waals surface area contributed by atoms with Crippen LogP contribution in [0.3, 0.4) is 0 Å². The highest BCUT2D eigenvalue weighted by atomic mass is 16.1. The van der Waals surface area contributed by atoms with Crippen molar-refractivity contribution >= 4 is 11.7 Å². The molecule has 1 heterocycles. The number of rotatable bonds is 6. The molecule has 104 valence electrons. The van der Waals surface area contributed by atoms with Gasteiger partial charge >= 0.3 is 0 Å². The minimum atomic E-state index is -0.134. The Hall–Kier alpha value is -1.65. The maximum absolute atomic E-state index is 11.9. The predicted octanol–water partition coefficient (Wildman–Crippen LogP) is 2.22. The van der Waals surface area contributed by atoms with E-state index in [1.54, 1.807) is 6.20 Å². The predicted molar refractivity (Wildman–Crippen MR) is 75.1 cm³/mol. The molecule has 0 radical (unpaired) electrons. The summed E-state index contributed by atoms with van der Waals surface area (Å²) in [5, 5.41) is 5.98. The molecule has 5 heteroatoms. The van der Waals surface area contributed by atoms with Crippen LogP contribution < -0.4 is 10.6 Å². The van der Waals surface area contributed by atoms with E-state index in [0.29, 0.717) is 11.5 Å². The zero-order chi connectivity index (χ0) is 13.5. The van der Waals surface area contributed by atoms with Crippen molar-refractivity contribution in [1.82, 2.24) is 15.3 Å². The van der Waals surface area contributed by atoms with Crippen LogP contribution in [0.2, 0.25) is 0 Å². The van der Waals surface area contributed by atoms with Gasteiger partial charge in [-0.05, 0) is 19.3 Å². The molecule has 0 aliphatic heterocycles. The van der Waals surface area contributed by atoms with Gasteiger partial charge in [-0.2, -0.15) is 0 Å². The Balaban J connectivity index is 1.79. The first-order valence-electron chi connectivity index (χ1n) is 7.13. The van der Waals surface area contributed by atoms with E-state index in [-0.39, 0.29) is 5.91 Å². The second-order valence-electron chi connectivity index (χ2n) is 5.01. The summed E-state index contributed by atoms with van der Waals surface area (Å²) in [6.07, 6.45) is 9.51. The summed E-state index contributed by atoms with van der Waals surface area (Å²) >= 11 is 0. The second-order valence-corrected chi connectivity index (χ2v) is 5.01. The Bertz CT molecular complexity index is 416. The number of nitrogens with one attached hydrogen (secondary N) is 2.